The lowest BCUT2D eigenvalue weighted by Gasteiger charge is -2.15. The zero-order valence-corrected chi connectivity index (χ0v) is 9.58. The van der Waals surface area contributed by atoms with Gasteiger partial charge in [0.05, 0.1) is 13.2 Å². The molecule has 0 aromatic heterocycles. The van der Waals surface area contributed by atoms with Gasteiger partial charge in [0, 0.05) is 20.1 Å². The molecule has 86 valence electrons. The molecule has 0 aromatic rings. The van der Waals surface area contributed by atoms with Crippen LogP contribution in [0.4, 0.5) is 0 Å². The van der Waals surface area contributed by atoms with E-state index in [-0.39, 0.29) is 5.91 Å². The Labute approximate surface area is 92.0 Å². The Morgan fingerprint density at radius 2 is 2.33 bits per heavy atom. The summed E-state index contributed by atoms with van der Waals surface area (Å²) in [6, 6.07) is 0. The Morgan fingerprint density at radius 3 is 2.93 bits per heavy atom. The maximum Gasteiger partial charge on any atom is 0.234 e. The van der Waals surface area contributed by atoms with Crippen molar-refractivity contribution in [3.63, 3.8) is 0 Å². The van der Waals surface area contributed by atoms with Gasteiger partial charge in [0.1, 0.15) is 0 Å². The van der Waals surface area contributed by atoms with Crippen molar-refractivity contribution in [2.45, 2.75) is 12.8 Å². The van der Waals surface area contributed by atoms with E-state index in [0.717, 1.165) is 19.4 Å². The summed E-state index contributed by atoms with van der Waals surface area (Å²) in [6.07, 6.45) is 6.82. The average Bonchev–Trinajstić information content (AvgIpc) is 2.18. The van der Waals surface area contributed by atoms with E-state index >= 15 is 0 Å². The third-order valence-corrected chi connectivity index (χ3v) is 1.90. The number of ether oxygens (including phenoxy) is 1. The molecule has 15 heavy (non-hydrogen) atoms. The van der Waals surface area contributed by atoms with E-state index in [9.17, 15) is 4.79 Å². The number of methoxy groups -OCH3 is 1. The number of rotatable bonds is 8. The number of hydrogen-bond donors (Lipinski definition) is 1. The van der Waals surface area contributed by atoms with Gasteiger partial charge in [-0.05, 0) is 20.0 Å². The minimum absolute atomic E-state index is 0.0234. The number of carbonyl (C=O) groups is 1. The maximum atomic E-state index is 11.3. The first-order chi connectivity index (χ1) is 7.20. The van der Waals surface area contributed by atoms with Crippen LogP contribution in [0.1, 0.15) is 12.8 Å². The predicted octanol–water partition coefficient (Wildman–Crippen LogP) is 0.0942. The Balaban J connectivity index is 3.45. The highest BCUT2D eigenvalue weighted by Gasteiger charge is 2.04. The van der Waals surface area contributed by atoms with Crippen LogP contribution < -0.4 is 5.32 Å². The second-order valence-corrected chi connectivity index (χ2v) is 3.39. The van der Waals surface area contributed by atoms with Crippen molar-refractivity contribution < 1.29 is 9.53 Å². The third kappa shape index (κ3) is 9.26. The number of hydrogen-bond acceptors (Lipinski definition) is 3. The number of unbranched alkanes of at least 4 members (excludes halogenated alkanes) is 1. The minimum Gasteiger partial charge on any atom is -0.383 e. The monoisotopic (exact) mass is 212 g/mol. The zero-order chi connectivity index (χ0) is 11.5. The van der Waals surface area contributed by atoms with E-state index in [1.807, 2.05) is 11.9 Å². The standard InChI is InChI=1S/C11H20N2O2/c1-4-5-6-8-13(2)10-11(14)12-7-9-15-3/h1H,5-10H2,2-3H3,(H,12,14). The zero-order valence-electron chi connectivity index (χ0n) is 9.58. The summed E-state index contributed by atoms with van der Waals surface area (Å²) in [4.78, 5) is 13.3. The highest BCUT2D eigenvalue weighted by molar-refractivity contribution is 5.77. The largest absolute Gasteiger partial charge is 0.383 e. The summed E-state index contributed by atoms with van der Waals surface area (Å²) < 4.78 is 4.83. The van der Waals surface area contributed by atoms with Crippen LogP contribution in [0.3, 0.4) is 0 Å². The lowest BCUT2D eigenvalue weighted by atomic mass is 10.3. The Bertz CT molecular complexity index is 211. The number of amides is 1. The summed E-state index contributed by atoms with van der Waals surface area (Å²) in [5, 5.41) is 2.76. The number of nitrogens with zero attached hydrogens (tertiary/aromatic N) is 1. The van der Waals surface area contributed by atoms with E-state index in [0.29, 0.717) is 19.7 Å². The summed E-state index contributed by atoms with van der Waals surface area (Å²) in [7, 11) is 3.52. The van der Waals surface area contributed by atoms with Crippen LogP contribution in [0.15, 0.2) is 0 Å². The molecule has 0 radical (unpaired) electrons. The Kier molecular flexibility index (Phi) is 8.84. The molecule has 0 bridgehead atoms. The van der Waals surface area contributed by atoms with Gasteiger partial charge in [-0.25, -0.2) is 0 Å². The molecule has 0 spiro atoms. The molecule has 0 aliphatic rings. The van der Waals surface area contributed by atoms with E-state index in [4.69, 9.17) is 11.2 Å². The molecule has 0 aromatic carbocycles. The third-order valence-electron chi connectivity index (χ3n) is 1.90. The first kappa shape index (κ1) is 13.9. The van der Waals surface area contributed by atoms with E-state index < -0.39 is 0 Å². The van der Waals surface area contributed by atoms with Crippen molar-refractivity contribution in [1.82, 2.24) is 10.2 Å². The number of likely N-dealkylation sites (N-methyl/N-ethyl adjacent to an activating group) is 1. The quantitative estimate of drug-likeness (QED) is 0.458. The fraction of sp³-hybridized carbons (Fsp3) is 0.727. The fourth-order valence-corrected chi connectivity index (χ4v) is 1.12. The fourth-order valence-electron chi connectivity index (χ4n) is 1.12. The molecule has 1 N–H and O–H groups in total. The molecule has 0 aliphatic carbocycles. The molecule has 1 amide bonds. The summed E-state index contributed by atoms with van der Waals surface area (Å²) in [6.45, 7) is 2.37. The van der Waals surface area contributed by atoms with Crippen LogP contribution in [0.25, 0.3) is 0 Å². The normalized spacial score (nSPS) is 10.0. The lowest BCUT2D eigenvalue weighted by Crippen LogP contribution is -2.36. The van der Waals surface area contributed by atoms with Gasteiger partial charge in [0.15, 0.2) is 0 Å². The van der Waals surface area contributed by atoms with Crippen molar-refractivity contribution in [3.8, 4) is 12.3 Å². The molecule has 0 atom stereocenters. The molecule has 0 saturated carbocycles. The second kappa shape index (κ2) is 9.50. The van der Waals surface area contributed by atoms with Crippen molar-refractivity contribution in [1.29, 1.82) is 0 Å². The SMILES string of the molecule is C#CCCCN(C)CC(=O)NCCOC. The maximum absolute atomic E-state index is 11.3. The van der Waals surface area contributed by atoms with Crippen LogP contribution in [0.5, 0.6) is 0 Å². The van der Waals surface area contributed by atoms with Crippen LogP contribution in [0.2, 0.25) is 0 Å². The molecule has 0 aliphatic heterocycles. The van der Waals surface area contributed by atoms with Gasteiger partial charge in [-0.2, -0.15) is 0 Å². The smallest absolute Gasteiger partial charge is 0.234 e. The molecule has 0 saturated heterocycles. The molecule has 0 unspecified atom stereocenters. The first-order valence-electron chi connectivity index (χ1n) is 5.08. The van der Waals surface area contributed by atoms with Crippen molar-refractivity contribution in [2.75, 3.05) is 40.4 Å². The average molecular weight is 212 g/mol. The second-order valence-electron chi connectivity index (χ2n) is 3.39. The van der Waals surface area contributed by atoms with Gasteiger partial charge in [0.2, 0.25) is 5.91 Å². The van der Waals surface area contributed by atoms with Crippen molar-refractivity contribution in [3.05, 3.63) is 0 Å². The van der Waals surface area contributed by atoms with Crippen LogP contribution >= 0.6 is 0 Å². The van der Waals surface area contributed by atoms with Crippen LogP contribution in [-0.4, -0.2) is 51.2 Å². The number of carbonyl (C=O) groups excluding carboxylic acids is 1. The molecule has 4 heteroatoms. The van der Waals surface area contributed by atoms with Gasteiger partial charge in [-0.3, -0.25) is 9.69 Å². The van der Waals surface area contributed by atoms with Crippen molar-refractivity contribution >= 4 is 5.91 Å². The highest BCUT2D eigenvalue weighted by atomic mass is 16.5. The van der Waals surface area contributed by atoms with Gasteiger partial charge in [0.25, 0.3) is 0 Å². The van der Waals surface area contributed by atoms with Gasteiger partial charge in [-0.1, -0.05) is 0 Å². The predicted molar refractivity (Wildman–Crippen MR) is 60.4 cm³/mol. The van der Waals surface area contributed by atoms with E-state index in [1.165, 1.54) is 0 Å². The topological polar surface area (TPSA) is 41.6 Å². The van der Waals surface area contributed by atoms with Crippen LogP contribution in [-0.2, 0) is 9.53 Å². The van der Waals surface area contributed by atoms with Crippen molar-refractivity contribution in [2.24, 2.45) is 0 Å². The summed E-state index contributed by atoms with van der Waals surface area (Å²) >= 11 is 0. The van der Waals surface area contributed by atoms with Crippen LogP contribution in [0, 0.1) is 12.3 Å². The lowest BCUT2D eigenvalue weighted by molar-refractivity contribution is -0.122. The number of nitrogens with one attached hydrogen (secondary N) is 1. The highest BCUT2D eigenvalue weighted by Crippen LogP contribution is 1.90. The Hall–Kier alpha value is -1.05. The van der Waals surface area contributed by atoms with Gasteiger partial charge >= 0.3 is 0 Å². The first-order valence-corrected chi connectivity index (χ1v) is 5.08. The molecule has 0 rings (SSSR count). The molecular weight excluding hydrogens is 192 g/mol. The molecular formula is C11H20N2O2. The minimum atomic E-state index is 0.0234. The Morgan fingerprint density at radius 1 is 1.60 bits per heavy atom. The van der Waals surface area contributed by atoms with E-state index in [1.54, 1.807) is 7.11 Å². The van der Waals surface area contributed by atoms with E-state index in [2.05, 4.69) is 11.2 Å². The summed E-state index contributed by atoms with van der Waals surface area (Å²) in [5.41, 5.74) is 0. The molecule has 0 heterocycles. The molecule has 0 fully saturated rings. The van der Waals surface area contributed by atoms with Gasteiger partial charge < -0.3 is 10.1 Å². The number of terminal acetylenes is 1. The molecule has 4 nitrogen and oxygen atoms in total. The summed E-state index contributed by atoms with van der Waals surface area (Å²) in [5.74, 6) is 2.60. The van der Waals surface area contributed by atoms with Gasteiger partial charge in [-0.15, -0.1) is 12.3 Å².